The third-order valence-corrected chi connectivity index (χ3v) is 2.02. The van der Waals surface area contributed by atoms with Gasteiger partial charge in [0.1, 0.15) is 5.75 Å². The second-order valence-corrected chi connectivity index (χ2v) is 3.14. The van der Waals surface area contributed by atoms with E-state index in [9.17, 15) is 13.6 Å². The molecule has 1 rings (SSSR count). The van der Waals surface area contributed by atoms with E-state index in [-0.39, 0.29) is 17.7 Å². The first kappa shape index (κ1) is 12.4. The van der Waals surface area contributed by atoms with Gasteiger partial charge in [-0.2, -0.15) is 0 Å². The number of ether oxygens (including phenoxy) is 1. The Bertz CT molecular complexity index is 406. The van der Waals surface area contributed by atoms with Crippen LogP contribution in [0.4, 0.5) is 8.78 Å². The Labute approximate surface area is 90.1 Å². The molecule has 0 aliphatic rings. The molecule has 4 nitrogen and oxygen atoms in total. The molecule has 88 valence electrons. The van der Waals surface area contributed by atoms with Crippen molar-refractivity contribution in [3.63, 3.8) is 0 Å². The molecule has 0 heterocycles. The minimum absolute atomic E-state index is 0.000741. The molecule has 1 aromatic carbocycles. The van der Waals surface area contributed by atoms with Gasteiger partial charge in [-0.05, 0) is 6.07 Å². The van der Waals surface area contributed by atoms with Crippen molar-refractivity contribution in [3.8, 4) is 5.75 Å². The number of hydrogen-bond donors (Lipinski definition) is 2. The summed E-state index contributed by atoms with van der Waals surface area (Å²) in [5, 5.41) is 17.6. The highest BCUT2D eigenvalue weighted by atomic mass is 19.2. The third-order valence-electron chi connectivity index (χ3n) is 2.02. The highest BCUT2D eigenvalue weighted by Gasteiger charge is 2.18. The van der Waals surface area contributed by atoms with E-state index in [0.29, 0.717) is 0 Å². The van der Waals surface area contributed by atoms with Crippen molar-refractivity contribution in [1.82, 2.24) is 0 Å². The Morgan fingerprint density at radius 3 is 2.50 bits per heavy atom. The number of benzene rings is 1. The summed E-state index contributed by atoms with van der Waals surface area (Å²) in [5.74, 6) is -3.65. The van der Waals surface area contributed by atoms with E-state index < -0.39 is 23.7 Å². The fourth-order valence-electron chi connectivity index (χ4n) is 1.21. The highest BCUT2D eigenvalue weighted by molar-refractivity contribution is 5.72. The summed E-state index contributed by atoms with van der Waals surface area (Å²) < 4.78 is 30.4. The van der Waals surface area contributed by atoms with Crippen LogP contribution in [0, 0.1) is 11.6 Å². The molecule has 0 aliphatic carbocycles. The van der Waals surface area contributed by atoms with Gasteiger partial charge in [-0.25, -0.2) is 13.6 Å². The maximum atomic E-state index is 12.9. The van der Waals surface area contributed by atoms with E-state index in [2.05, 4.69) is 0 Å². The lowest BCUT2D eigenvalue weighted by atomic mass is 10.1. The number of aliphatic hydroxyl groups is 1. The average Bonchev–Trinajstić information content (AvgIpc) is 2.22. The molecule has 2 N–H and O–H groups in total. The van der Waals surface area contributed by atoms with Gasteiger partial charge < -0.3 is 14.9 Å². The molecule has 1 aromatic rings. The van der Waals surface area contributed by atoms with E-state index in [0.717, 1.165) is 12.1 Å². The Hall–Kier alpha value is -1.69. The highest BCUT2D eigenvalue weighted by Crippen LogP contribution is 2.23. The molecule has 0 saturated carbocycles. The molecule has 1 atom stereocenters. The van der Waals surface area contributed by atoms with Crippen molar-refractivity contribution in [2.45, 2.75) is 12.5 Å². The normalized spacial score (nSPS) is 12.2. The van der Waals surface area contributed by atoms with E-state index in [4.69, 9.17) is 14.9 Å². The predicted molar refractivity (Wildman–Crippen MR) is 50.3 cm³/mol. The molecule has 0 amide bonds. The summed E-state index contributed by atoms with van der Waals surface area (Å²) in [5.41, 5.74) is 0.0938. The minimum Gasteiger partial charge on any atom is -0.496 e. The van der Waals surface area contributed by atoms with Crippen LogP contribution < -0.4 is 4.74 Å². The maximum Gasteiger partial charge on any atom is 0.332 e. The Morgan fingerprint density at radius 1 is 1.44 bits per heavy atom. The predicted octanol–water partition coefficient (Wildman–Crippen LogP) is 0.961. The van der Waals surface area contributed by atoms with Gasteiger partial charge >= 0.3 is 5.97 Å². The number of rotatable bonds is 4. The first-order valence-corrected chi connectivity index (χ1v) is 4.38. The standard InChI is InChI=1S/C10H10F2O4/c1-16-9-4-7(12)6(11)2-5(9)3-8(13)10(14)15/h2,4,8,13H,3H2,1H3,(H,14,15). The molecule has 16 heavy (non-hydrogen) atoms. The third kappa shape index (κ3) is 2.66. The van der Waals surface area contributed by atoms with Crippen LogP contribution in [0.1, 0.15) is 5.56 Å². The molecule has 0 fully saturated rings. The van der Waals surface area contributed by atoms with Gasteiger partial charge in [-0.15, -0.1) is 0 Å². The fourth-order valence-corrected chi connectivity index (χ4v) is 1.21. The Kier molecular flexibility index (Phi) is 3.78. The summed E-state index contributed by atoms with van der Waals surface area (Å²) in [7, 11) is 1.24. The minimum atomic E-state index is -1.68. The summed E-state index contributed by atoms with van der Waals surface area (Å²) in [4.78, 5) is 10.4. The van der Waals surface area contributed by atoms with Gasteiger partial charge in [0.05, 0.1) is 7.11 Å². The van der Waals surface area contributed by atoms with Crippen LogP contribution in [0.2, 0.25) is 0 Å². The molecule has 1 unspecified atom stereocenters. The van der Waals surface area contributed by atoms with Gasteiger partial charge in [0.25, 0.3) is 0 Å². The molecule has 0 radical (unpaired) electrons. The quantitative estimate of drug-likeness (QED) is 0.811. The van der Waals surface area contributed by atoms with E-state index >= 15 is 0 Å². The topological polar surface area (TPSA) is 66.8 Å². The number of carbonyl (C=O) groups is 1. The smallest absolute Gasteiger partial charge is 0.332 e. The van der Waals surface area contributed by atoms with Gasteiger partial charge in [-0.1, -0.05) is 0 Å². The second-order valence-electron chi connectivity index (χ2n) is 3.14. The van der Waals surface area contributed by atoms with Crippen molar-refractivity contribution in [2.24, 2.45) is 0 Å². The fraction of sp³-hybridized carbons (Fsp3) is 0.300. The summed E-state index contributed by atoms with van der Waals surface area (Å²) in [6.45, 7) is 0. The number of carboxylic acid groups (broad SMARTS) is 1. The number of hydrogen-bond acceptors (Lipinski definition) is 3. The zero-order chi connectivity index (χ0) is 12.3. The molecule has 0 saturated heterocycles. The zero-order valence-corrected chi connectivity index (χ0v) is 8.41. The first-order chi connectivity index (χ1) is 7.45. The molecular formula is C10H10F2O4. The number of halogens is 2. The zero-order valence-electron chi connectivity index (χ0n) is 8.41. The largest absolute Gasteiger partial charge is 0.496 e. The van der Waals surface area contributed by atoms with Gasteiger partial charge in [0.2, 0.25) is 0 Å². The van der Waals surface area contributed by atoms with Crippen LogP contribution in [-0.2, 0) is 11.2 Å². The maximum absolute atomic E-state index is 12.9. The van der Waals surface area contributed by atoms with Crippen LogP contribution in [0.3, 0.4) is 0 Å². The molecule has 0 aromatic heterocycles. The lowest BCUT2D eigenvalue weighted by Gasteiger charge is -2.10. The molecule has 0 aliphatic heterocycles. The first-order valence-electron chi connectivity index (χ1n) is 4.38. The average molecular weight is 232 g/mol. The van der Waals surface area contributed by atoms with Crippen LogP contribution in [0.5, 0.6) is 5.75 Å². The number of aliphatic carboxylic acids is 1. The molecule has 0 bridgehead atoms. The lowest BCUT2D eigenvalue weighted by Crippen LogP contribution is -2.22. The van der Waals surface area contributed by atoms with Crippen molar-refractivity contribution < 1.29 is 28.5 Å². The van der Waals surface area contributed by atoms with Gasteiger partial charge in [0, 0.05) is 18.1 Å². The van der Waals surface area contributed by atoms with E-state index in [1.165, 1.54) is 7.11 Å². The van der Waals surface area contributed by atoms with Crippen LogP contribution in [0.15, 0.2) is 12.1 Å². The lowest BCUT2D eigenvalue weighted by molar-refractivity contribution is -0.146. The van der Waals surface area contributed by atoms with Crippen LogP contribution >= 0.6 is 0 Å². The summed E-state index contributed by atoms with van der Waals surface area (Å²) in [6.07, 6.45) is -2.03. The number of aliphatic hydroxyl groups excluding tert-OH is 1. The number of methoxy groups -OCH3 is 1. The van der Waals surface area contributed by atoms with Crippen molar-refractivity contribution in [3.05, 3.63) is 29.3 Å². The van der Waals surface area contributed by atoms with Crippen molar-refractivity contribution in [2.75, 3.05) is 7.11 Å². The summed E-state index contributed by atoms with van der Waals surface area (Å²) >= 11 is 0. The molecular weight excluding hydrogens is 222 g/mol. The Balaban J connectivity index is 3.03. The number of carboxylic acids is 1. The van der Waals surface area contributed by atoms with Crippen LogP contribution in [-0.4, -0.2) is 29.4 Å². The van der Waals surface area contributed by atoms with Gasteiger partial charge in [-0.3, -0.25) is 0 Å². The monoisotopic (exact) mass is 232 g/mol. The van der Waals surface area contributed by atoms with Crippen LogP contribution in [0.25, 0.3) is 0 Å². The SMILES string of the molecule is COc1cc(F)c(F)cc1CC(O)C(=O)O. The van der Waals surface area contributed by atoms with E-state index in [1.54, 1.807) is 0 Å². The molecule has 0 spiro atoms. The van der Waals surface area contributed by atoms with Crippen molar-refractivity contribution >= 4 is 5.97 Å². The van der Waals surface area contributed by atoms with Gasteiger partial charge in [0.15, 0.2) is 17.7 Å². The Morgan fingerprint density at radius 2 is 2.00 bits per heavy atom. The van der Waals surface area contributed by atoms with Crippen molar-refractivity contribution in [1.29, 1.82) is 0 Å². The molecule has 6 heteroatoms. The second kappa shape index (κ2) is 4.89. The summed E-state index contributed by atoms with van der Waals surface area (Å²) in [6, 6.07) is 1.61. The van der Waals surface area contributed by atoms with E-state index in [1.807, 2.05) is 0 Å².